The minimum absolute atomic E-state index is 0.0643. The standard InChI is InChI=1S/C15H20F2N2O3/c1-10-7-19(8-11(2)21-10)9-14(20)18-12-3-5-13(6-4-12)22-15(16)17/h3-6,10-11,15H,7-9H2,1-2H3,(H,18,20)/p+1/t10-,11-/m1/s1. The summed E-state index contributed by atoms with van der Waals surface area (Å²) in [5.41, 5.74) is 0.556. The van der Waals surface area contributed by atoms with Crippen LogP contribution in [0.25, 0.3) is 0 Å². The summed E-state index contributed by atoms with van der Waals surface area (Å²) in [5, 5.41) is 2.76. The number of amides is 1. The molecule has 22 heavy (non-hydrogen) atoms. The Balaban J connectivity index is 1.84. The first-order valence-corrected chi connectivity index (χ1v) is 7.26. The van der Waals surface area contributed by atoms with Crippen molar-refractivity contribution in [1.82, 2.24) is 0 Å². The minimum atomic E-state index is -2.85. The average molecular weight is 315 g/mol. The molecule has 122 valence electrons. The minimum Gasteiger partial charge on any atom is -0.435 e. The first-order chi connectivity index (χ1) is 10.4. The molecule has 2 rings (SSSR count). The molecular weight excluding hydrogens is 294 g/mol. The Hall–Kier alpha value is -1.73. The molecule has 1 fully saturated rings. The molecule has 1 aromatic carbocycles. The predicted octanol–water partition coefficient (Wildman–Crippen LogP) is 0.919. The molecule has 1 aliphatic rings. The molecule has 0 bridgehead atoms. The zero-order valence-electron chi connectivity index (χ0n) is 12.6. The Kier molecular flexibility index (Phi) is 5.68. The molecular formula is C15H21F2N2O3+. The van der Waals surface area contributed by atoms with Gasteiger partial charge in [-0.1, -0.05) is 0 Å². The van der Waals surface area contributed by atoms with Crippen LogP contribution in [0.3, 0.4) is 0 Å². The number of carbonyl (C=O) groups excluding carboxylic acids is 1. The third-order valence-corrected chi connectivity index (χ3v) is 3.39. The lowest BCUT2D eigenvalue weighted by atomic mass is 10.2. The Morgan fingerprint density at radius 1 is 1.32 bits per heavy atom. The Morgan fingerprint density at radius 2 is 1.91 bits per heavy atom. The molecule has 1 saturated heterocycles. The monoisotopic (exact) mass is 315 g/mol. The summed E-state index contributed by atoms with van der Waals surface area (Å²) >= 11 is 0. The second-order valence-electron chi connectivity index (χ2n) is 5.54. The van der Waals surface area contributed by atoms with E-state index in [1.54, 1.807) is 0 Å². The molecule has 1 aromatic rings. The van der Waals surface area contributed by atoms with E-state index in [4.69, 9.17) is 4.74 Å². The van der Waals surface area contributed by atoms with Crippen LogP contribution in [0, 0.1) is 0 Å². The second-order valence-corrected chi connectivity index (χ2v) is 5.54. The van der Waals surface area contributed by atoms with E-state index in [2.05, 4.69) is 10.1 Å². The lowest BCUT2D eigenvalue weighted by Gasteiger charge is -2.31. The number of alkyl halides is 2. The van der Waals surface area contributed by atoms with Gasteiger partial charge in [-0.3, -0.25) is 4.79 Å². The molecule has 0 radical (unpaired) electrons. The fraction of sp³-hybridized carbons (Fsp3) is 0.533. The number of hydrogen-bond acceptors (Lipinski definition) is 3. The van der Waals surface area contributed by atoms with Crippen LogP contribution in [0.2, 0.25) is 0 Å². The van der Waals surface area contributed by atoms with Crippen LogP contribution < -0.4 is 15.0 Å². The van der Waals surface area contributed by atoms with Gasteiger partial charge in [-0.25, -0.2) is 0 Å². The zero-order chi connectivity index (χ0) is 16.1. The highest BCUT2D eigenvalue weighted by Gasteiger charge is 2.27. The van der Waals surface area contributed by atoms with E-state index in [-0.39, 0.29) is 23.9 Å². The fourth-order valence-electron chi connectivity index (χ4n) is 2.69. The summed E-state index contributed by atoms with van der Waals surface area (Å²) in [6.45, 7) is 3.07. The van der Waals surface area contributed by atoms with E-state index in [0.29, 0.717) is 12.2 Å². The number of carbonyl (C=O) groups is 1. The molecule has 2 N–H and O–H groups in total. The highest BCUT2D eigenvalue weighted by Crippen LogP contribution is 2.17. The summed E-state index contributed by atoms with van der Waals surface area (Å²) in [5.74, 6) is -0.0479. The lowest BCUT2D eigenvalue weighted by molar-refractivity contribution is -0.907. The van der Waals surface area contributed by atoms with Gasteiger partial charge < -0.3 is 19.7 Å². The van der Waals surface area contributed by atoms with Crippen molar-refractivity contribution < 1.29 is 27.9 Å². The highest BCUT2D eigenvalue weighted by atomic mass is 19.3. The van der Waals surface area contributed by atoms with E-state index in [0.717, 1.165) is 13.1 Å². The van der Waals surface area contributed by atoms with E-state index in [1.165, 1.54) is 29.2 Å². The summed E-state index contributed by atoms with van der Waals surface area (Å²) in [6, 6.07) is 5.87. The topological polar surface area (TPSA) is 52.0 Å². The molecule has 0 saturated carbocycles. The largest absolute Gasteiger partial charge is 0.435 e. The molecule has 1 heterocycles. The normalized spacial score (nSPS) is 25.0. The van der Waals surface area contributed by atoms with Crippen LogP contribution >= 0.6 is 0 Å². The number of halogens is 2. The third kappa shape index (κ3) is 5.23. The predicted molar refractivity (Wildman–Crippen MR) is 77.3 cm³/mol. The lowest BCUT2D eigenvalue weighted by Crippen LogP contribution is -3.16. The van der Waals surface area contributed by atoms with Crippen molar-refractivity contribution in [2.75, 3.05) is 25.0 Å². The maximum absolute atomic E-state index is 12.0. The molecule has 2 atom stereocenters. The first kappa shape index (κ1) is 16.6. The highest BCUT2D eigenvalue weighted by molar-refractivity contribution is 5.91. The second kappa shape index (κ2) is 7.51. The Morgan fingerprint density at radius 3 is 2.45 bits per heavy atom. The van der Waals surface area contributed by atoms with Crippen molar-refractivity contribution >= 4 is 11.6 Å². The van der Waals surface area contributed by atoms with E-state index in [1.807, 2.05) is 13.8 Å². The van der Waals surface area contributed by atoms with Gasteiger partial charge >= 0.3 is 6.61 Å². The number of benzene rings is 1. The van der Waals surface area contributed by atoms with Gasteiger partial charge in [0.05, 0.1) is 0 Å². The van der Waals surface area contributed by atoms with Gasteiger partial charge in [0.1, 0.15) is 31.0 Å². The summed E-state index contributed by atoms with van der Waals surface area (Å²) in [4.78, 5) is 13.2. The number of rotatable bonds is 5. The van der Waals surface area contributed by atoms with Crippen molar-refractivity contribution in [2.45, 2.75) is 32.7 Å². The maximum Gasteiger partial charge on any atom is 0.387 e. The van der Waals surface area contributed by atoms with Crippen LogP contribution in [-0.2, 0) is 9.53 Å². The van der Waals surface area contributed by atoms with Gasteiger partial charge in [0.25, 0.3) is 5.91 Å². The first-order valence-electron chi connectivity index (χ1n) is 7.26. The van der Waals surface area contributed by atoms with E-state index < -0.39 is 6.61 Å². The van der Waals surface area contributed by atoms with E-state index in [9.17, 15) is 13.6 Å². The Labute approximate surface area is 128 Å². The maximum atomic E-state index is 12.0. The molecule has 0 aromatic heterocycles. The smallest absolute Gasteiger partial charge is 0.387 e. The average Bonchev–Trinajstić information content (AvgIpc) is 2.39. The van der Waals surface area contributed by atoms with Gasteiger partial charge in [-0.05, 0) is 38.1 Å². The van der Waals surface area contributed by atoms with Crippen molar-refractivity contribution in [3.63, 3.8) is 0 Å². The molecule has 7 heteroatoms. The molecule has 0 spiro atoms. The molecule has 0 aliphatic carbocycles. The van der Waals surface area contributed by atoms with Crippen LogP contribution in [0.1, 0.15) is 13.8 Å². The summed E-state index contributed by atoms with van der Waals surface area (Å²) < 4.78 is 34.0. The number of anilines is 1. The number of nitrogens with one attached hydrogen (secondary N) is 2. The van der Waals surface area contributed by atoms with Crippen LogP contribution in [0.5, 0.6) is 5.75 Å². The summed E-state index contributed by atoms with van der Waals surface area (Å²) in [7, 11) is 0. The number of morpholine rings is 1. The number of hydrogen-bond donors (Lipinski definition) is 2. The zero-order valence-corrected chi connectivity index (χ0v) is 12.6. The van der Waals surface area contributed by atoms with Gasteiger partial charge in [0.15, 0.2) is 6.54 Å². The van der Waals surface area contributed by atoms with Crippen LogP contribution in [-0.4, -0.2) is 44.4 Å². The van der Waals surface area contributed by atoms with Crippen molar-refractivity contribution in [1.29, 1.82) is 0 Å². The van der Waals surface area contributed by atoms with Gasteiger partial charge in [-0.15, -0.1) is 0 Å². The fourth-order valence-corrected chi connectivity index (χ4v) is 2.69. The van der Waals surface area contributed by atoms with Gasteiger partial charge in [0, 0.05) is 5.69 Å². The third-order valence-electron chi connectivity index (χ3n) is 3.39. The molecule has 5 nitrogen and oxygen atoms in total. The molecule has 1 amide bonds. The summed E-state index contributed by atoms with van der Waals surface area (Å²) in [6.07, 6.45) is 0.273. The van der Waals surface area contributed by atoms with Gasteiger partial charge in [0.2, 0.25) is 0 Å². The van der Waals surface area contributed by atoms with Gasteiger partial charge in [-0.2, -0.15) is 8.78 Å². The van der Waals surface area contributed by atoms with Crippen molar-refractivity contribution in [3.05, 3.63) is 24.3 Å². The van der Waals surface area contributed by atoms with Crippen LogP contribution in [0.15, 0.2) is 24.3 Å². The Bertz CT molecular complexity index is 486. The van der Waals surface area contributed by atoms with Crippen LogP contribution in [0.4, 0.5) is 14.5 Å². The number of quaternary nitrogens is 1. The molecule has 0 unspecified atom stereocenters. The van der Waals surface area contributed by atoms with Crippen molar-refractivity contribution in [3.8, 4) is 5.75 Å². The SMILES string of the molecule is C[C@@H]1C[NH+](CC(=O)Nc2ccc(OC(F)F)cc2)C[C@@H](C)O1. The quantitative estimate of drug-likeness (QED) is 0.849. The van der Waals surface area contributed by atoms with Crippen molar-refractivity contribution in [2.24, 2.45) is 0 Å². The molecule has 1 aliphatic heterocycles. The number of ether oxygens (including phenoxy) is 2. The van der Waals surface area contributed by atoms with E-state index >= 15 is 0 Å².